The molecule has 22 heavy (non-hydrogen) atoms. The summed E-state index contributed by atoms with van der Waals surface area (Å²) in [5, 5.41) is 4.24. The third-order valence-corrected chi connectivity index (χ3v) is 4.47. The number of carbonyl (C=O) groups is 1. The van der Waals surface area contributed by atoms with Gasteiger partial charge in [0.25, 0.3) is 5.91 Å². The Morgan fingerprint density at radius 3 is 2.77 bits per heavy atom. The van der Waals surface area contributed by atoms with Crippen molar-refractivity contribution in [1.82, 2.24) is 14.7 Å². The Morgan fingerprint density at radius 1 is 1.36 bits per heavy atom. The van der Waals surface area contributed by atoms with Crippen LogP contribution < -0.4 is 5.73 Å². The van der Waals surface area contributed by atoms with Gasteiger partial charge in [-0.1, -0.05) is 29.8 Å². The second kappa shape index (κ2) is 5.48. The number of hydrogen-bond acceptors (Lipinski definition) is 3. The minimum atomic E-state index is -0.00162. The summed E-state index contributed by atoms with van der Waals surface area (Å²) in [5.74, 6) is 0.849. The molecule has 2 heterocycles. The molecule has 0 radical (unpaired) electrons. The molecule has 116 valence electrons. The minimum Gasteiger partial charge on any atom is -0.383 e. The van der Waals surface area contributed by atoms with Gasteiger partial charge in [-0.3, -0.25) is 9.48 Å². The summed E-state index contributed by atoms with van der Waals surface area (Å²) < 4.78 is 1.57. The lowest BCUT2D eigenvalue weighted by molar-refractivity contribution is 0.0791. The number of aryl methyl sites for hydroxylation is 3. The standard InChI is InChI=1S/C17H22N4O/c1-11-5-4-6-13(9-11)14-7-8-21(10-14)17(22)15-12(2)19-20(3)16(15)18/h4-6,9,14H,7-8,10,18H2,1-3H3. The first kappa shape index (κ1) is 14.6. The topological polar surface area (TPSA) is 64.2 Å². The number of benzene rings is 1. The number of likely N-dealkylation sites (tertiary alicyclic amines) is 1. The molecule has 1 aliphatic rings. The average molecular weight is 298 g/mol. The van der Waals surface area contributed by atoms with Gasteiger partial charge < -0.3 is 10.6 Å². The zero-order valence-corrected chi connectivity index (χ0v) is 13.3. The monoisotopic (exact) mass is 298 g/mol. The Hall–Kier alpha value is -2.30. The van der Waals surface area contributed by atoms with E-state index in [0.717, 1.165) is 19.5 Å². The average Bonchev–Trinajstić information content (AvgIpc) is 3.05. The van der Waals surface area contributed by atoms with Crippen LogP contribution in [0.15, 0.2) is 24.3 Å². The predicted molar refractivity (Wildman–Crippen MR) is 86.8 cm³/mol. The third-order valence-electron chi connectivity index (χ3n) is 4.47. The molecule has 1 amide bonds. The molecule has 1 atom stereocenters. The Kier molecular flexibility index (Phi) is 3.64. The highest BCUT2D eigenvalue weighted by Crippen LogP contribution is 2.29. The van der Waals surface area contributed by atoms with Crippen LogP contribution >= 0.6 is 0 Å². The fourth-order valence-electron chi connectivity index (χ4n) is 3.24. The minimum absolute atomic E-state index is 0.00162. The SMILES string of the molecule is Cc1cccc(C2CCN(C(=O)c3c(C)nn(C)c3N)C2)c1. The van der Waals surface area contributed by atoms with Gasteiger partial charge in [-0.15, -0.1) is 0 Å². The summed E-state index contributed by atoms with van der Waals surface area (Å²) in [6, 6.07) is 8.54. The maximum atomic E-state index is 12.7. The van der Waals surface area contributed by atoms with E-state index in [1.807, 2.05) is 11.8 Å². The van der Waals surface area contributed by atoms with Crippen molar-refractivity contribution in [2.24, 2.45) is 7.05 Å². The van der Waals surface area contributed by atoms with E-state index in [-0.39, 0.29) is 5.91 Å². The molecule has 1 unspecified atom stereocenters. The maximum Gasteiger partial charge on any atom is 0.259 e. The number of carbonyl (C=O) groups excluding carboxylic acids is 1. The fraction of sp³-hybridized carbons (Fsp3) is 0.412. The number of amides is 1. The van der Waals surface area contributed by atoms with Crippen molar-refractivity contribution in [1.29, 1.82) is 0 Å². The van der Waals surface area contributed by atoms with Crippen molar-refractivity contribution in [3.63, 3.8) is 0 Å². The summed E-state index contributed by atoms with van der Waals surface area (Å²) in [5.41, 5.74) is 9.81. The van der Waals surface area contributed by atoms with E-state index in [0.29, 0.717) is 23.0 Å². The van der Waals surface area contributed by atoms with Crippen LogP contribution in [0.25, 0.3) is 0 Å². The quantitative estimate of drug-likeness (QED) is 0.925. The van der Waals surface area contributed by atoms with Crippen LogP contribution in [0.2, 0.25) is 0 Å². The summed E-state index contributed by atoms with van der Waals surface area (Å²) in [6.07, 6.45) is 0.994. The first-order chi connectivity index (χ1) is 10.5. The van der Waals surface area contributed by atoms with Crippen LogP contribution in [0.3, 0.4) is 0 Å². The molecule has 1 aromatic carbocycles. The van der Waals surface area contributed by atoms with Crippen LogP contribution in [0.1, 0.15) is 39.5 Å². The molecule has 5 heteroatoms. The largest absolute Gasteiger partial charge is 0.383 e. The number of anilines is 1. The molecule has 1 aromatic heterocycles. The van der Waals surface area contributed by atoms with Gasteiger partial charge in [0.2, 0.25) is 0 Å². The smallest absolute Gasteiger partial charge is 0.259 e. The Bertz CT molecular complexity index is 719. The first-order valence-corrected chi connectivity index (χ1v) is 7.62. The van der Waals surface area contributed by atoms with E-state index in [2.05, 4.69) is 36.3 Å². The summed E-state index contributed by atoms with van der Waals surface area (Å²) in [4.78, 5) is 14.6. The highest BCUT2D eigenvalue weighted by Gasteiger charge is 2.31. The Labute approximate surface area is 130 Å². The van der Waals surface area contributed by atoms with Crippen molar-refractivity contribution >= 4 is 11.7 Å². The number of aromatic nitrogens is 2. The van der Waals surface area contributed by atoms with Gasteiger partial charge in [0, 0.05) is 26.1 Å². The first-order valence-electron chi connectivity index (χ1n) is 7.62. The number of nitrogens with zero attached hydrogens (tertiary/aromatic N) is 3. The van der Waals surface area contributed by atoms with Crippen molar-refractivity contribution in [2.75, 3.05) is 18.8 Å². The molecule has 2 aromatic rings. The zero-order valence-electron chi connectivity index (χ0n) is 13.3. The second-order valence-corrected chi connectivity index (χ2v) is 6.12. The highest BCUT2D eigenvalue weighted by atomic mass is 16.2. The van der Waals surface area contributed by atoms with Crippen LogP contribution in [-0.2, 0) is 7.05 Å². The Balaban J connectivity index is 1.79. The van der Waals surface area contributed by atoms with Gasteiger partial charge in [0.15, 0.2) is 0 Å². The van der Waals surface area contributed by atoms with E-state index in [1.165, 1.54) is 11.1 Å². The molecule has 1 fully saturated rings. The molecule has 1 aliphatic heterocycles. The third kappa shape index (κ3) is 2.47. The normalized spacial score (nSPS) is 18.0. The van der Waals surface area contributed by atoms with Crippen LogP contribution in [0.5, 0.6) is 0 Å². The van der Waals surface area contributed by atoms with Crippen molar-refractivity contribution in [3.05, 3.63) is 46.6 Å². The molecule has 0 spiro atoms. The summed E-state index contributed by atoms with van der Waals surface area (Å²) >= 11 is 0. The van der Waals surface area contributed by atoms with Crippen LogP contribution in [0, 0.1) is 13.8 Å². The molecule has 5 nitrogen and oxygen atoms in total. The van der Waals surface area contributed by atoms with Gasteiger partial charge in [0.05, 0.1) is 5.69 Å². The van der Waals surface area contributed by atoms with Crippen LogP contribution in [-0.4, -0.2) is 33.7 Å². The molecule has 3 rings (SSSR count). The molecular weight excluding hydrogens is 276 g/mol. The van der Waals surface area contributed by atoms with E-state index in [4.69, 9.17) is 5.73 Å². The maximum absolute atomic E-state index is 12.7. The van der Waals surface area contributed by atoms with Gasteiger partial charge in [0.1, 0.15) is 11.4 Å². The van der Waals surface area contributed by atoms with E-state index >= 15 is 0 Å². The lowest BCUT2D eigenvalue weighted by atomic mass is 9.97. The van der Waals surface area contributed by atoms with Crippen molar-refractivity contribution in [2.45, 2.75) is 26.2 Å². The molecule has 0 bridgehead atoms. The number of nitrogen functional groups attached to an aromatic ring is 1. The summed E-state index contributed by atoms with van der Waals surface area (Å²) in [7, 11) is 1.76. The molecular formula is C17H22N4O. The zero-order chi connectivity index (χ0) is 15.9. The molecule has 2 N–H and O–H groups in total. The number of rotatable bonds is 2. The van der Waals surface area contributed by atoms with Gasteiger partial charge in [-0.2, -0.15) is 5.10 Å². The number of nitrogens with two attached hydrogens (primary N) is 1. The van der Waals surface area contributed by atoms with Gasteiger partial charge in [-0.25, -0.2) is 0 Å². The predicted octanol–water partition coefficient (Wildman–Crippen LogP) is 2.25. The lowest BCUT2D eigenvalue weighted by Crippen LogP contribution is -2.29. The van der Waals surface area contributed by atoms with Gasteiger partial charge in [-0.05, 0) is 25.8 Å². The van der Waals surface area contributed by atoms with Crippen molar-refractivity contribution in [3.8, 4) is 0 Å². The summed E-state index contributed by atoms with van der Waals surface area (Å²) in [6.45, 7) is 5.44. The van der Waals surface area contributed by atoms with E-state index in [1.54, 1.807) is 11.7 Å². The molecule has 1 saturated heterocycles. The van der Waals surface area contributed by atoms with Crippen LogP contribution in [0.4, 0.5) is 5.82 Å². The van der Waals surface area contributed by atoms with Crippen molar-refractivity contribution < 1.29 is 4.79 Å². The van der Waals surface area contributed by atoms with E-state index in [9.17, 15) is 4.79 Å². The fourth-order valence-corrected chi connectivity index (χ4v) is 3.24. The second-order valence-electron chi connectivity index (χ2n) is 6.12. The van der Waals surface area contributed by atoms with E-state index < -0.39 is 0 Å². The number of hydrogen-bond donors (Lipinski definition) is 1. The molecule has 0 saturated carbocycles. The Morgan fingerprint density at radius 2 is 2.14 bits per heavy atom. The lowest BCUT2D eigenvalue weighted by Gasteiger charge is -2.17. The van der Waals surface area contributed by atoms with Gasteiger partial charge >= 0.3 is 0 Å². The highest BCUT2D eigenvalue weighted by molar-refractivity contribution is 5.99. The molecule has 0 aliphatic carbocycles.